The van der Waals surface area contributed by atoms with Gasteiger partial charge in [0.15, 0.2) is 9.84 Å². The van der Waals surface area contributed by atoms with Crippen LogP contribution in [0.1, 0.15) is 35.3 Å². The van der Waals surface area contributed by atoms with Crippen molar-refractivity contribution < 1.29 is 17.6 Å². The third-order valence-corrected chi connectivity index (χ3v) is 6.73. The van der Waals surface area contributed by atoms with Gasteiger partial charge in [-0.3, -0.25) is 9.78 Å². The molecule has 1 saturated heterocycles. The van der Waals surface area contributed by atoms with Crippen molar-refractivity contribution in [2.45, 2.75) is 38.3 Å². The number of amides is 1. The number of aryl methyl sites for hydroxylation is 1. The Balaban J connectivity index is 1.72. The van der Waals surface area contributed by atoms with Crippen molar-refractivity contribution in [3.05, 3.63) is 41.3 Å². The van der Waals surface area contributed by atoms with Crippen LogP contribution in [0.4, 0.5) is 4.39 Å². The van der Waals surface area contributed by atoms with E-state index in [1.54, 1.807) is 24.0 Å². The molecule has 1 aromatic heterocycles. The van der Waals surface area contributed by atoms with E-state index in [-0.39, 0.29) is 35.3 Å². The largest absolute Gasteiger partial charge is 0.332 e. The molecule has 25 heavy (non-hydrogen) atoms. The molecule has 1 amide bonds. The molecule has 1 saturated carbocycles. The Bertz CT molecular complexity index is 970. The van der Waals surface area contributed by atoms with E-state index in [2.05, 4.69) is 4.98 Å². The van der Waals surface area contributed by atoms with Gasteiger partial charge in [-0.1, -0.05) is 0 Å². The summed E-state index contributed by atoms with van der Waals surface area (Å²) in [5, 5.41) is 0.699. The minimum Gasteiger partial charge on any atom is -0.332 e. The van der Waals surface area contributed by atoms with Crippen LogP contribution in [0.2, 0.25) is 0 Å². The highest BCUT2D eigenvalue weighted by Gasteiger charge is 2.42. The first-order chi connectivity index (χ1) is 11.8. The van der Waals surface area contributed by atoms with Gasteiger partial charge in [0.05, 0.1) is 28.3 Å². The number of hydrogen-bond acceptors (Lipinski definition) is 4. The SMILES string of the molecule is Cc1nc2cc(F)ccc2cc1C(=O)N(C1CC1)C1CCS(=O)(=O)C1. The van der Waals surface area contributed by atoms with Crippen LogP contribution in [0.25, 0.3) is 10.9 Å². The van der Waals surface area contributed by atoms with Crippen LogP contribution in [0.15, 0.2) is 24.3 Å². The molecule has 2 heterocycles. The summed E-state index contributed by atoms with van der Waals surface area (Å²) in [5.74, 6) is -0.349. The number of halogens is 1. The normalized spacial score (nSPS) is 22.2. The van der Waals surface area contributed by atoms with Crippen LogP contribution in [0, 0.1) is 12.7 Å². The molecule has 0 N–H and O–H groups in total. The maximum absolute atomic E-state index is 13.4. The number of nitrogens with zero attached hydrogens (tertiary/aromatic N) is 2. The average Bonchev–Trinajstić information content (AvgIpc) is 3.30. The molecule has 4 rings (SSSR count). The van der Waals surface area contributed by atoms with E-state index in [9.17, 15) is 17.6 Å². The molecule has 2 fully saturated rings. The molecular formula is C18H19FN2O3S. The van der Waals surface area contributed by atoms with Crippen LogP contribution < -0.4 is 0 Å². The molecule has 7 heteroatoms. The molecule has 0 spiro atoms. The molecule has 1 aliphatic carbocycles. The molecule has 1 aromatic carbocycles. The lowest BCUT2D eigenvalue weighted by Gasteiger charge is -2.29. The van der Waals surface area contributed by atoms with Crippen molar-refractivity contribution in [3.63, 3.8) is 0 Å². The zero-order valence-electron chi connectivity index (χ0n) is 13.9. The number of fused-ring (bicyclic) bond motifs is 1. The number of aromatic nitrogens is 1. The number of carbonyl (C=O) groups excluding carboxylic acids is 1. The molecular weight excluding hydrogens is 343 g/mol. The van der Waals surface area contributed by atoms with Gasteiger partial charge in [-0.25, -0.2) is 12.8 Å². The van der Waals surface area contributed by atoms with E-state index < -0.39 is 9.84 Å². The van der Waals surface area contributed by atoms with Crippen molar-refractivity contribution in [2.75, 3.05) is 11.5 Å². The number of benzene rings is 1. The van der Waals surface area contributed by atoms with Crippen LogP contribution in [-0.4, -0.2) is 47.8 Å². The van der Waals surface area contributed by atoms with Crippen molar-refractivity contribution in [1.29, 1.82) is 0 Å². The number of hydrogen-bond donors (Lipinski definition) is 0. The van der Waals surface area contributed by atoms with Crippen molar-refractivity contribution in [1.82, 2.24) is 9.88 Å². The first-order valence-electron chi connectivity index (χ1n) is 8.44. The highest BCUT2D eigenvalue weighted by Crippen LogP contribution is 2.34. The van der Waals surface area contributed by atoms with Crippen LogP contribution in [0.3, 0.4) is 0 Å². The number of pyridine rings is 1. The van der Waals surface area contributed by atoms with Crippen molar-refractivity contribution in [3.8, 4) is 0 Å². The van der Waals surface area contributed by atoms with Gasteiger partial charge in [0.1, 0.15) is 5.82 Å². The van der Waals surface area contributed by atoms with E-state index in [1.165, 1.54) is 12.1 Å². The fraction of sp³-hybridized carbons (Fsp3) is 0.444. The van der Waals surface area contributed by atoms with E-state index in [0.29, 0.717) is 28.6 Å². The molecule has 1 unspecified atom stereocenters. The minimum absolute atomic E-state index is 0.0422. The van der Waals surface area contributed by atoms with Crippen LogP contribution in [-0.2, 0) is 9.84 Å². The Morgan fingerprint density at radius 1 is 1.20 bits per heavy atom. The topological polar surface area (TPSA) is 67.3 Å². The smallest absolute Gasteiger partial charge is 0.256 e. The highest BCUT2D eigenvalue weighted by molar-refractivity contribution is 7.91. The fourth-order valence-electron chi connectivity index (χ4n) is 3.57. The standard InChI is InChI=1S/C18H19FN2O3S/c1-11-16(8-12-2-3-13(19)9-17(12)20-11)18(22)21(14-4-5-14)15-6-7-25(23,24)10-15/h2-3,8-9,14-15H,4-7,10H2,1H3. The first kappa shape index (κ1) is 16.4. The molecule has 0 bridgehead atoms. The second-order valence-electron chi connectivity index (χ2n) is 6.96. The molecule has 5 nitrogen and oxygen atoms in total. The molecule has 2 aromatic rings. The van der Waals surface area contributed by atoms with E-state index in [0.717, 1.165) is 12.8 Å². The fourth-order valence-corrected chi connectivity index (χ4v) is 5.28. The Kier molecular flexibility index (Phi) is 3.79. The lowest BCUT2D eigenvalue weighted by Crippen LogP contribution is -2.43. The predicted molar refractivity (Wildman–Crippen MR) is 92.7 cm³/mol. The highest BCUT2D eigenvalue weighted by atomic mass is 32.2. The van der Waals surface area contributed by atoms with Gasteiger partial charge in [0, 0.05) is 23.5 Å². The Labute approximate surface area is 145 Å². The third-order valence-electron chi connectivity index (χ3n) is 4.98. The Morgan fingerprint density at radius 2 is 1.96 bits per heavy atom. The molecule has 132 valence electrons. The molecule has 1 atom stereocenters. The summed E-state index contributed by atoms with van der Waals surface area (Å²) in [6.07, 6.45) is 2.32. The maximum atomic E-state index is 13.4. The maximum Gasteiger partial charge on any atom is 0.256 e. The van der Waals surface area contributed by atoms with Gasteiger partial charge in [0.25, 0.3) is 5.91 Å². The zero-order chi connectivity index (χ0) is 17.8. The summed E-state index contributed by atoms with van der Waals surface area (Å²) in [5.41, 5.74) is 1.51. The monoisotopic (exact) mass is 362 g/mol. The Morgan fingerprint density at radius 3 is 2.60 bits per heavy atom. The van der Waals surface area contributed by atoms with E-state index in [4.69, 9.17) is 0 Å². The zero-order valence-corrected chi connectivity index (χ0v) is 14.7. The third kappa shape index (κ3) is 3.13. The number of rotatable bonds is 3. The number of carbonyl (C=O) groups is 1. The molecule has 1 aliphatic heterocycles. The van der Waals surface area contributed by atoms with E-state index in [1.807, 2.05) is 0 Å². The lowest BCUT2D eigenvalue weighted by molar-refractivity contribution is 0.0680. The van der Waals surface area contributed by atoms with Crippen LogP contribution in [0.5, 0.6) is 0 Å². The summed E-state index contributed by atoms with van der Waals surface area (Å²) >= 11 is 0. The summed E-state index contributed by atoms with van der Waals surface area (Å²) in [6.45, 7) is 1.73. The quantitative estimate of drug-likeness (QED) is 0.841. The van der Waals surface area contributed by atoms with Gasteiger partial charge < -0.3 is 4.90 Å². The van der Waals surface area contributed by atoms with Gasteiger partial charge in [-0.15, -0.1) is 0 Å². The molecule has 0 radical (unpaired) electrons. The summed E-state index contributed by atoms with van der Waals surface area (Å²) in [4.78, 5) is 19.3. The van der Waals surface area contributed by atoms with E-state index >= 15 is 0 Å². The second kappa shape index (κ2) is 5.76. The first-order valence-corrected chi connectivity index (χ1v) is 10.3. The van der Waals surface area contributed by atoms with Gasteiger partial charge in [-0.05, 0) is 44.4 Å². The average molecular weight is 362 g/mol. The second-order valence-corrected chi connectivity index (χ2v) is 9.19. The lowest BCUT2D eigenvalue weighted by atomic mass is 10.1. The summed E-state index contributed by atoms with van der Waals surface area (Å²) < 4.78 is 37.0. The van der Waals surface area contributed by atoms with Crippen molar-refractivity contribution >= 4 is 26.6 Å². The summed E-state index contributed by atoms with van der Waals surface area (Å²) in [6, 6.07) is 5.89. The Hall–Kier alpha value is -2.02. The van der Waals surface area contributed by atoms with Gasteiger partial charge >= 0.3 is 0 Å². The van der Waals surface area contributed by atoms with Gasteiger partial charge in [0.2, 0.25) is 0 Å². The minimum atomic E-state index is -3.06. The predicted octanol–water partition coefficient (Wildman–Crippen LogP) is 2.47. The summed E-state index contributed by atoms with van der Waals surface area (Å²) in [7, 11) is -3.06. The van der Waals surface area contributed by atoms with Gasteiger partial charge in [-0.2, -0.15) is 0 Å². The van der Waals surface area contributed by atoms with Crippen molar-refractivity contribution in [2.24, 2.45) is 0 Å². The number of sulfone groups is 1. The van der Waals surface area contributed by atoms with Crippen LogP contribution >= 0.6 is 0 Å². The molecule has 2 aliphatic rings.